The Balaban J connectivity index is 1.99. The zero-order valence-electron chi connectivity index (χ0n) is 11.1. The number of hydrogen-bond donors (Lipinski definition) is 1. The van der Waals surface area contributed by atoms with E-state index in [-0.39, 0.29) is 5.91 Å². The van der Waals surface area contributed by atoms with Crippen LogP contribution in [-0.2, 0) is 0 Å². The molecule has 2 atom stereocenters. The molecule has 0 aromatic carbocycles. The molecule has 2 nitrogen and oxygen atoms in total. The normalized spacial score (nSPS) is 26.9. The Kier molecular flexibility index (Phi) is 4.17. The number of rotatable bonds is 2. The molecule has 0 bridgehead atoms. The molecule has 18 heavy (non-hydrogen) atoms. The molecule has 0 saturated heterocycles. The lowest BCUT2D eigenvalue weighted by Crippen LogP contribution is -2.42. The van der Waals surface area contributed by atoms with Crippen LogP contribution in [0.1, 0.15) is 49.7 Å². The zero-order chi connectivity index (χ0) is 13.3. The van der Waals surface area contributed by atoms with E-state index in [2.05, 4.69) is 42.0 Å². The molecule has 0 aliphatic heterocycles. The second kappa shape index (κ2) is 5.33. The van der Waals surface area contributed by atoms with Crippen LogP contribution in [0.4, 0.5) is 0 Å². The standard InChI is InChI=1S/C14H20BrNOS/c1-9-6-10(8-14(2,3)7-9)16-13(17)11-4-5-12(15)18-11/h4-5,9-10H,6-8H2,1-3H3,(H,16,17)/t9-,10-/m0/s1. The van der Waals surface area contributed by atoms with Crippen molar-refractivity contribution in [3.63, 3.8) is 0 Å². The molecule has 0 spiro atoms. The number of amides is 1. The fourth-order valence-corrected chi connectivity index (χ4v) is 4.44. The van der Waals surface area contributed by atoms with Crippen LogP contribution >= 0.6 is 27.3 Å². The quantitative estimate of drug-likeness (QED) is 0.852. The molecule has 2 rings (SSSR count). The van der Waals surface area contributed by atoms with Gasteiger partial charge in [-0.05, 0) is 58.7 Å². The van der Waals surface area contributed by atoms with Crippen molar-refractivity contribution in [2.24, 2.45) is 11.3 Å². The van der Waals surface area contributed by atoms with Crippen molar-refractivity contribution in [3.8, 4) is 0 Å². The van der Waals surface area contributed by atoms with Gasteiger partial charge in [0.05, 0.1) is 8.66 Å². The van der Waals surface area contributed by atoms with Crippen molar-refractivity contribution in [3.05, 3.63) is 20.8 Å². The summed E-state index contributed by atoms with van der Waals surface area (Å²) in [4.78, 5) is 12.9. The van der Waals surface area contributed by atoms with E-state index in [1.807, 2.05) is 12.1 Å². The Bertz CT molecular complexity index is 441. The Morgan fingerprint density at radius 2 is 2.17 bits per heavy atom. The number of halogens is 1. The summed E-state index contributed by atoms with van der Waals surface area (Å²) >= 11 is 4.88. The highest BCUT2D eigenvalue weighted by atomic mass is 79.9. The first-order chi connectivity index (χ1) is 8.35. The third kappa shape index (κ3) is 3.58. The third-order valence-electron chi connectivity index (χ3n) is 3.52. The Morgan fingerprint density at radius 3 is 2.72 bits per heavy atom. The van der Waals surface area contributed by atoms with Crippen molar-refractivity contribution < 1.29 is 4.79 Å². The first kappa shape index (κ1) is 14.1. The molecule has 1 aliphatic carbocycles. The van der Waals surface area contributed by atoms with Gasteiger partial charge in [-0.15, -0.1) is 11.3 Å². The number of carbonyl (C=O) groups is 1. The molecule has 1 fully saturated rings. The van der Waals surface area contributed by atoms with Crippen LogP contribution in [0.3, 0.4) is 0 Å². The van der Waals surface area contributed by atoms with Crippen LogP contribution in [0, 0.1) is 11.3 Å². The predicted octanol–water partition coefficient (Wildman–Crippen LogP) is 4.46. The van der Waals surface area contributed by atoms with Gasteiger partial charge in [0.1, 0.15) is 0 Å². The molecule has 100 valence electrons. The van der Waals surface area contributed by atoms with Crippen LogP contribution in [0.15, 0.2) is 15.9 Å². The lowest BCUT2D eigenvalue weighted by atomic mass is 9.70. The Morgan fingerprint density at radius 1 is 1.44 bits per heavy atom. The largest absolute Gasteiger partial charge is 0.349 e. The van der Waals surface area contributed by atoms with Crippen LogP contribution in [-0.4, -0.2) is 11.9 Å². The SMILES string of the molecule is C[C@H]1C[C@H](NC(=O)c2ccc(Br)s2)CC(C)(C)C1. The molecule has 1 aliphatic rings. The highest BCUT2D eigenvalue weighted by molar-refractivity contribution is 9.11. The van der Waals surface area contributed by atoms with E-state index >= 15 is 0 Å². The molecule has 1 amide bonds. The molecule has 1 saturated carbocycles. The monoisotopic (exact) mass is 329 g/mol. The molecule has 1 aromatic heterocycles. The van der Waals surface area contributed by atoms with Gasteiger partial charge in [0.15, 0.2) is 0 Å². The molecule has 0 unspecified atom stereocenters. The Hall–Kier alpha value is -0.350. The summed E-state index contributed by atoms with van der Waals surface area (Å²) < 4.78 is 1.00. The van der Waals surface area contributed by atoms with E-state index in [1.165, 1.54) is 17.8 Å². The van der Waals surface area contributed by atoms with Gasteiger partial charge in [0.2, 0.25) is 0 Å². The van der Waals surface area contributed by atoms with E-state index in [9.17, 15) is 4.79 Å². The first-order valence-electron chi connectivity index (χ1n) is 6.42. The average molecular weight is 330 g/mol. The lowest BCUT2D eigenvalue weighted by Gasteiger charge is -2.39. The minimum absolute atomic E-state index is 0.0700. The smallest absolute Gasteiger partial charge is 0.261 e. The van der Waals surface area contributed by atoms with Gasteiger partial charge in [0, 0.05) is 6.04 Å². The summed E-state index contributed by atoms with van der Waals surface area (Å²) in [5.41, 5.74) is 0.339. The molecule has 1 heterocycles. The van der Waals surface area contributed by atoms with Gasteiger partial charge in [-0.25, -0.2) is 0 Å². The van der Waals surface area contributed by atoms with E-state index in [0.717, 1.165) is 21.5 Å². The third-order valence-corrected chi connectivity index (χ3v) is 5.14. The van der Waals surface area contributed by atoms with Crippen LogP contribution in [0.25, 0.3) is 0 Å². The second-order valence-electron chi connectivity index (χ2n) is 6.19. The van der Waals surface area contributed by atoms with E-state index in [4.69, 9.17) is 0 Å². The minimum Gasteiger partial charge on any atom is -0.349 e. The molecule has 1 aromatic rings. The molecule has 0 radical (unpaired) electrons. The maximum Gasteiger partial charge on any atom is 0.261 e. The highest BCUT2D eigenvalue weighted by Crippen LogP contribution is 2.38. The van der Waals surface area contributed by atoms with Crippen molar-refractivity contribution in [1.82, 2.24) is 5.32 Å². The summed E-state index contributed by atoms with van der Waals surface area (Å²) in [6.07, 6.45) is 3.43. The molecular formula is C14H20BrNOS. The van der Waals surface area contributed by atoms with Crippen molar-refractivity contribution >= 4 is 33.2 Å². The number of carbonyl (C=O) groups excluding carboxylic acids is 1. The number of thiophene rings is 1. The Labute approximate surface area is 121 Å². The fraction of sp³-hybridized carbons (Fsp3) is 0.643. The summed E-state index contributed by atoms with van der Waals surface area (Å²) in [6, 6.07) is 4.12. The number of nitrogens with one attached hydrogen (secondary N) is 1. The maximum absolute atomic E-state index is 12.1. The van der Waals surface area contributed by atoms with Gasteiger partial charge in [-0.2, -0.15) is 0 Å². The van der Waals surface area contributed by atoms with Crippen molar-refractivity contribution in [2.75, 3.05) is 0 Å². The van der Waals surface area contributed by atoms with Gasteiger partial charge in [0.25, 0.3) is 5.91 Å². The maximum atomic E-state index is 12.1. The van der Waals surface area contributed by atoms with Gasteiger partial charge in [-0.3, -0.25) is 4.79 Å². The lowest BCUT2D eigenvalue weighted by molar-refractivity contribution is 0.0878. The van der Waals surface area contributed by atoms with E-state index in [1.54, 1.807) is 0 Å². The first-order valence-corrected chi connectivity index (χ1v) is 8.03. The van der Waals surface area contributed by atoms with Gasteiger partial charge in [-0.1, -0.05) is 20.8 Å². The van der Waals surface area contributed by atoms with Crippen LogP contribution in [0.5, 0.6) is 0 Å². The highest BCUT2D eigenvalue weighted by Gasteiger charge is 2.32. The van der Waals surface area contributed by atoms with E-state index < -0.39 is 0 Å². The fourth-order valence-electron chi connectivity index (χ4n) is 3.15. The minimum atomic E-state index is 0.0700. The van der Waals surface area contributed by atoms with Crippen molar-refractivity contribution in [2.45, 2.75) is 46.1 Å². The topological polar surface area (TPSA) is 29.1 Å². The van der Waals surface area contributed by atoms with Gasteiger partial charge < -0.3 is 5.32 Å². The van der Waals surface area contributed by atoms with Gasteiger partial charge >= 0.3 is 0 Å². The van der Waals surface area contributed by atoms with Crippen LogP contribution < -0.4 is 5.32 Å². The van der Waals surface area contributed by atoms with Crippen LogP contribution in [0.2, 0.25) is 0 Å². The van der Waals surface area contributed by atoms with Crippen molar-refractivity contribution in [1.29, 1.82) is 0 Å². The molecular weight excluding hydrogens is 310 g/mol. The summed E-state index contributed by atoms with van der Waals surface area (Å²) in [6.45, 7) is 6.87. The molecule has 4 heteroatoms. The zero-order valence-corrected chi connectivity index (χ0v) is 13.5. The van der Waals surface area contributed by atoms with E-state index in [0.29, 0.717) is 17.4 Å². The average Bonchev–Trinajstić information content (AvgIpc) is 2.61. The number of hydrogen-bond acceptors (Lipinski definition) is 2. The summed E-state index contributed by atoms with van der Waals surface area (Å²) in [5.74, 6) is 0.759. The summed E-state index contributed by atoms with van der Waals surface area (Å²) in [5, 5.41) is 3.19. The second-order valence-corrected chi connectivity index (χ2v) is 8.65. The summed E-state index contributed by atoms with van der Waals surface area (Å²) in [7, 11) is 0. The molecule has 1 N–H and O–H groups in total. The predicted molar refractivity (Wildman–Crippen MR) is 80.1 cm³/mol.